The smallest absolute Gasteiger partial charge is 0.119 e. The molecule has 32 heavy (non-hydrogen) atoms. The van der Waals surface area contributed by atoms with Gasteiger partial charge in [0.05, 0.1) is 12.2 Å². The van der Waals surface area contributed by atoms with Crippen LogP contribution in [0.4, 0.5) is 0 Å². The maximum absolute atomic E-state index is 10.2. The molecular formula is C29H34O3. The fourth-order valence-electron chi connectivity index (χ4n) is 4.95. The highest BCUT2D eigenvalue weighted by Crippen LogP contribution is 2.46. The molecule has 3 aromatic rings. The molecular weight excluding hydrogens is 396 g/mol. The molecule has 0 heterocycles. The molecule has 3 nitrogen and oxygen atoms in total. The van der Waals surface area contributed by atoms with Gasteiger partial charge in [-0.2, -0.15) is 0 Å². The molecule has 3 heteroatoms. The molecule has 3 atom stereocenters. The molecule has 3 aromatic carbocycles. The largest absolute Gasteiger partial charge is 0.493 e. The van der Waals surface area contributed by atoms with E-state index in [9.17, 15) is 5.11 Å². The van der Waals surface area contributed by atoms with E-state index in [-0.39, 0.29) is 6.61 Å². The molecule has 0 aromatic heterocycles. The zero-order chi connectivity index (χ0) is 22.6. The Morgan fingerprint density at radius 3 is 2.41 bits per heavy atom. The lowest BCUT2D eigenvalue weighted by Gasteiger charge is -2.35. The number of hydrogen-bond donors (Lipinski definition) is 2. The van der Waals surface area contributed by atoms with Gasteiger partial charge in [-0.1, -0.05) is 66.2 Å². The van der Waals surface area contributed by atoms with Crippen molar-refractivity contribution in [1.29, 1.82) is 0 Å². The maximum Gasteiger partial charge on any atom is 0.119 e. The van der Waals surface area contributed by atoms with Gasteiger partial charge in [0.2, 0.25) is 0 Å². The molecule has 0 aliphatic heterocycles. The average Bonchev–Trinajstić information content (AvgIpc) is 2.79. The Morgan fingerprint density at radius 2 is 1.69 bits per heavy atom. The van der Waals surface area contributed by atoms with E-state index in [1.807, 2.05) is 12.1 Å². The minimum atomic E-state index is -0.901. The normalized spacial score (nSPS) is 19.8. The van der Waals surface area contributed by atoms with Gasteiger partial charge in [0, 0.05) is 18.9 Å². The summed E-state index contributed by atoms with van der Waals surface area (Å²) < 4.78 is 5.89. The summed E-state index contributed by atoms with van der Waals surface area (Å²) in [6.07, 6.45) is 3.10. The summed E-state index contributed by atoms with van der Waals surface area (Å²) in [5.41, 5.74) is 6.03. The average molecular weight is 431 g/mol. The first-order chi connectivity index (χ1) is 15.5. The van der Waals surface area contributed by atoms with Gasteiger partial charge in [-0.25, -0.2) is 0 Å². The Hall–Kier alpha value is -2.62. The first-order valence-electron chi connectivity index (χ1n) is 11.7. The van der Waals surface area contributed by atoms with Crippen LogP contribution in [0.15, 0.2) is 72.8 Å². The highest BCUT2D eigenvalue weighted by Gasteiger charge is 2.32. The van der Waals surface area contributed by atoms with Crippen molar-refractivity contribution in [2.24, 2.45) is 0 Å². The second-order valence-corrected chi connectivity index (χ2v) is 9.37. The molecule has 0 bridgehead atoms. The van der Waals surface area contributed by atoms with Crippen LogP contribution in [0.25, 0.3) is 0 Å². The number of fused-ring (bicyclic) bond motifs is 1. The number of hydrogen-bond acceptors (Lipinski definition) is 3. The van der Waals surface area contributed by atoms with Crippen LogP contribution >= 0.6 is 0 Å². The topological polar surface area (TPSA) is 49.7 Å². The van der Waals surface area contributed by atoms with Crippen molar-refractivity contribution in [1.82, 2.24) is 0 Å². The van der Waals surface area contributed by atoms with Crippen molar-refractivity contribution in [3.05, 3.63) is 101 Å². The second-order valence-electron chi connectivity index (χ2n) is 9.37. The van der Waals surface area contributed by atoms with Gasteiger partial charge < -0.3 is 14.9 Å². The van der Waals surface area contributed by atoms with Gasteiger partial charge in [0.1, 0.15) is 5.75 Å². The van der Waals surface area contributed by atoms with Crippen LogP contribution < -0.4 is 4.74 Å². The summed E-state index contributed by atoms with van der Waals surface area (Å²) in [6, 6.07) is 26.2. The number of aryl methyl sites for hydroxylation is 2. The van der Waals surface area contributed by atoms with Gasteiger partial charge in [-0.15, -0.1) is 0 Å². The highest BCUT2D eigenvalue weighted by atomic mass is 16.5. The SMILES string of the molecule is Cc1ccc2c(c1)CC[C@H](c1ccccc1)[C@@H]2c1ccc(OCCC(C)(O)CCO)cc1. The minimum absolute atomic E-state index is 0.0212. The van der Waals surface area contributed by atoms with E-state index in [2.05, 4.69) is 67.6 Å². The lowest BCUT2D eigenvalue weighted by Crippen LogP contribution is -2.28. The summed E-state index contributed by atoms with van der Waals surface area (Å²) >= 11 is 0. The number of ether oxygens (including phenoxy) is 1. The molecule has 0 saturated carbocycles. The molecule has 0 amide bonds. The first kappa shape index (κ1) is 22.6. The van der Waals surface area contributed by atoms with Crippen LogP contribution in [0, 0.1) is 6.92 Å². The summed E-state index contributed by atoms with van der Waals surface area (Å²) in [7, 11) is 0. The molecule has 0 saturated heterocycles. The fourth-order valence-corrected chi connectivity index (χ4v) is 4.95. The Morgan fingerprint density at radius 1 is 0.938 bits per heavy atom. The number of rotatable bonds is 8. The van der Waals surface area contributed by atoms with Crippen molar-refractivity contribution in [2.75, 3.05) is 13.2 Å². The van der Waals surface area contributed by atoms with Gasteiger partial charge in [-0.05, 0) is 73.4 Å². The van der Waals surface area contributed by atoms with Crippen LogP contribution in [0.2, 0.25) is 0 Å². The molecule has 1 unspecified atom stereocenters. The third-order valence-corrected chi connectivity index (χ3v) is 6.79. The van der Waals surface area contributed by atoms with Crippen LogP contribution in [-0.4, -0.2) is 29.0 Å². The monoisotopic (exact) mass is 430 g/mol. The molecule has 0 spiro atoms. The van der Waals surface area contributed by atoms with Crippen molar-refractivity contribution >= 4 is 0 Å². The van der Waals surface area contributed by atoms with Gasteiger partial charge in [0.15, 0.2) is 0 Å². The zero-order valence-electron chi connectivity index (χ0n) is 19.1. The number of aliphatic hydroxyl groups is 2. The molecule has 168 valence electrons. The predicted molar refractivity (Wildman–Crippen MR) is 129 cm³/mol. The quantitative estimate of drug-likeness (QED) is 0.478. The van der Waals surface area contributed by atoms with E-state index in [1.165, 1.54) is 27.8 Å². The molecule has 0 fully saturated rings. The summed E-state index contributed by atoms with van der Waals surface area (Å²) in [4.78, 5) is 0. The van der Waals surface area contributed by atoms with Crippen molar-refractivity contribution in [2.45, 2.75) is 57.0 Å². The minimum Gasteiger partial charge on any atom is -0.493 e. The van der Waals surface area contributed by atoms with Gasteiger partial charge >= 0.3 is 0 Å². The lowest BCUT2D eigenvalue weighted by atomic mass is 9.69. The third-order valence-electron chi connectivity index (χ3n) is 6.79. The van der Waals surface area contributed by atoms with Gasteiger partial charge in [0.25, 0.3) is 0 Å². The number of aliphatic hydroxyl groups excluding tert-OH is 1. The standard InChI is InChI=1S/C29H34O3/c1-21-8-14-27-24(20-21)11-15-26(22-6-4-3-5-7-22)28(27)23-9-12-25(13-10-23)32-19-17-29(2,31)16-18-30/h3-10,12-14,20,26,28,30-31H,11,15-19H2,1-2H3/t26-,28+,29?/m1/s1. The first-order valence-corrected chi connectivity index (χ1v) is 11.7. The lowest BCUT2D eigenvalue weighted by molar-refractivity contribution is 0.0144. The third kappa shape index (κ3) is 5.23. The summed E-state index contributed by atoms with van der Waals surface area (Å²) in [5.74, 6) is 1.58. The van der Waals surface area contributed by atoms with E-state index in [0.29, 0.717) is 31.3 Å². The maximum atomic E-state index is 10.2. The molecule has 1 aliphatic carbocycles. The number of benzene rings is 3. The Balaban J connectivity index is 1.57. The summed E-state index contributed by atoms with van der Waals surface area (Å²) in [5, 5.41) is 19.3. The van der Waals surface area contributed by atoms with E-state index in [4.69, 9.17) is 9.84 Å². The summed E-state index contributed by atoms with van der Waals surface area (Å²) in [6.45, 7) is 4.31. The van der Waals surface area contributed by atoms with Gasteiger partial charge in [-0.3, -0.25) is 0 Å². The van der Waals surface area contributed by atoms with E-state index in [1.54, 1.807) is 6.92 Å². The molecule has 4 rings (SSSR count). The van der Waals surface area contributed by atoms with E-state index >= 15 is 0 Å². The Kier molecular flexibility index (Phi) is 6.98. The Bertz CT molecular complexity index is 1010. The fraction of sp³-hybridized carbons (Fsp3) is 0.379. The highest BCUT2D eigenvalue weighted by molar-refractivity contribution is 5.47. The van der Waals surface area contributed by atoms with Crippen molar-refractivity contribution in [3.63, 3.8) is 0 Å². The van der Waals surface area contributed by atoms with Crippen LogP contribution in [0.1, 0.15) is 65.8 Å². The zero-order valence-corrected chi connectivity index (χ0v) is 19.1. The molecule has 0 radical (unpaired) electrons. The van der Waals surface area contributed by atoms with Crippen molar-refractivity contribution in [3.8, 4) is 5.75 Å². The van der Waals surface area contributed by atoms with Crippen LogP contribution in [0.5, 0.6) is 5.75 Å². The van der Waals surface area contributed by atoms with Crippen LogP contribution in [-0.2, 0) is 6.42 Å². The predicted octanol–water partition coefficient (Wildman–Crippen LogP) is 5.76. The van der Waals surface area contributed by atoms with E-state index in [0.717, 1.165) is 18.6 Å². The molecule has 2 N–H and O–H groups in total. The molecule has 1 aliphatic rings. The Labute approximate surface area is 191 Å². The second kappa shape index (κ2) is 9.89. The van der Waals surface area contributed by atoms with E-state index < -0.39 is 5.60 Å². The van der Waals surface area contributed by atoms with Crippen molar-refractivity contribution < 1.29 is 14.9 Å². The van der Waals surface area contributed by atoms with Crippen LogP contribution in [0.3, 0.4) is 0 Å².